The van der Waals surface area contributed by atoms with Crippen LogP contribution in [0.3, 0.4) is 0 Å². The molecule has 0 spiro atoms. The largest absolute Gasteiger partial charge is 0.467 e. The fraction of sp³-hybridized carbons (Fsp3) is 0.689. The zero-order chi connectivity index (χ0) is 50.4. The third-order valence-electron chi connectivity index (χ3n) is 10.3. The Morgan fingerprint density at radius 2 is 1.24 bits per heavy atom. The molecule has 0 aliphatic carbocycles. The highest BCUT2D eigenvalue weighted by atomic mass is 35.5. The van der Waals surface area contributed by atoms with Crippen molar-refractivity contribution in [2.45, 2.75) is 130 Å². The van der Waals surface area contributed by atoms with E-state index in [4.69, 9.17) is 49.5 Å². The summed E-state index contributed by atoms with van der Waals surface area (Å²) in [6.45, 7) is 10.1. The third-order valence-corrected chi connectivity index (χ3v) is 10.5. The van der Waals surface area contributed by atoms with Crippen molar-refractivity contribution < 1.29 is 76.3 Å². The number of carbonyl (C=O) groups excluding carboxylic acids is 8. The predicted octanol–water partition coefficient (Wildman–Crippen LogP) is 6.32. The number of nitrogens with one attached hydrogen (secondary N) is 1. The smallest absolute Gasteiger partial charge is 0.410 e. The van der Waals surface area contributed by atoms with Crippen LogP contribution in [-0.2, 0) is 58.9 Å². The maximum Gasteiger partial charge on any atom is 0.410 e. The van der Waals surface area contributed by atoms with Crippen LogP contribution in [-0.4, -0.2) is 165 Å². The van der Waals surface area contributed by atoms with Crippen molar-refractivity contribution in [3.05, 3.63) is 23.8 Å². The van der Waals surface area contributed by atoms with E-state index in [0.29, 0.717) is 18.4 Å². The standard InChI is InChI=1S/C45H70ClN5O16/c1-29-36(63-30(2)52)37(64-31(3)53)38(39(55)60-11)66-40(29)65-34-21-20-32(28-62-43(58)50(9)24-25-51(10)44(59)67-45(4,5)6)27-33(34)47-35(54)19-17-15-13-12-14-16-18-26-61-42(57)49(8)23-22-48(7)41(46)56/h20-21,27,29,36-38,40H,12-19,22-26,28H2,1-11H3,(H,47,54)/t29-,36-,37+,38+,40-/m1/s1. The normalized spacial score (nSPS) is 17.8. The molecule has 1 fully saturated rings. The summed E-state index contributed by atoms with van der Waals surface area (Å²) in [5, 5.41) is 2.27. The number of amides is 5. The number of hydrogen-bond donors (Lipinski definition) is 1. The summed E-state index contributed by atoms with van der Waals surface area (Å²) in [5.74, 6) is -3.43. The summed E-state index contributed by atoms with van der Waals surface area (Å²) < 4.78 is 44.3. The van der Waals surface area contributed by atoms with Crippen LogP contribution in [0.2, 0.25) is 0 Å². The molecule has 0 saturated carbocycles. The molecule has 1 heterocycles. The second kappa shape index (κ2) is 28.6. The summed E-state index contributed by atoms with van der Waals surface area (Å²) in [5.41, 5.74) is -0.0186. The fourth-order valence-corrected chi connectivity index (χ4v) is 6.49. The third kappa shape index (κ3) is 21.3. The quantitative estimate of drug-likeness (QED) is 0.0392. The Morgan fingerprint density at radius 1 is 0.716 bits per heavy atom. The number of halogens is 1. The molecule has 5 atom stereocenters. The molecule has 22 heteroatoms. The summed E-state index contributed by atoms with van der Waals surface area (Å²) in [7, 11) is 7.32. The zero-order valence-electron chi connectivity index (χ0n) is 40.7. The molecule has 1 aliphatic heterocycles. The van der Waals surface area contributed by atoms with E-state index in [0.717, 1.165) is 53.1 Å². The number of anilines is 1. The van der Waals surface area contributed by atoms with Crippen molar-refractivity contribution >= 4 is 64.7 Å². The number of hydrogen-bond acceptors (Lipinski definition) is 16. The van der Waals surface area contributed by atoms with E-state index < -0.39 is 77.7 Å². The van der Waals surface area contributed by atoms with Crippen LogP contribution in [0.4, 0.5) is 24.9 Å². The number of carbonyl (C=O) groups is 8. The van der Waals surface area contributed by atoms with E-state index >= 15 is 0 Å². The molecule has 1 aromatic rings. The summed E-state index contributed by atoms with van der Waals surface area (Å²) in [6, 6.07) is 4.68. The first-order valence-electron chi connectivity index (χ1n) is 22.2. The minimum atomic E-state index is -1.55. The van der Waals surface area contributed by atoms with Gasteiger partial charge in [0.2, 0.25) is 12.2 Å². The van der Waals surface area contributed by atoms with Crippen LogP contribution in [0, 0.1) is 5.92 Å². The number of esters is 3. The molecule has 0 unspecified atom stereocenters. The molecule has 1 aromatic carbocycles. The van der Waals surface area contributed by atoms with Crippen LogP contribution in [0.5, 0.6) is 5.75 Å². The first kappa shape index (κ1) is 57.6. The lowest BCUT2D eigenvalue weighted by atomic mass is 9.91. The molecule has 5 amide bonds. The summed E-state index contributed by atoms with van der Waals surface area (Å²) in [6.07, 6.45) is -1.30. The van der Waals surface area contributed by atoms with Crippen molar-refractivity contribution in [2.24, 2.45) is 5.92 Å². The molecule has 0 radical (unpaired) electrons. The average molecular weight is 973 g/mol. The maximum absolute atomic E-state index is 13.4. The van der Waals surface area contributed by atoms with Crippen LogP contribution < -0.4 is 10.1 Å². The number of likely N-dealkylation sites (N-methyl/N-ethyl adjacent to an activating group) is 4. The first-order valence-corrected chi connectivity index (χ1v) is 22.6. The highest BCUT2D eigenvalue weighted by Gasteiger charge is 2.52. The molecule has 67 heavy (non-hydrogen) atoms. The Morgan fingerprint density at radius 3 is 1.79 bits per heavy atom. The van der Waals surface area contributed by atoms with Gasteiger partial charge in [-0.3, -0.25) is 19.2 Å². The zero-order valence-corrected chi connectivity index (χ0v) is 41.5. The topological polar surface area (TPSA) is 235 Å². The Balaban J connectivity index is 2.10. The summed E-state index contributed by atoms with van der Waals surface area (Å²) in [4.78, 5) is 104. The van der Waals surface area contributed by atoms with E-state index in [2.05, 4.69) is 5.32 Å². The maximum atomic E-state index is 13.4. The fourth-order valence-electron chi connectivity index (χ4n) is 6.40. The highest BCUT2D eigenvalue weighted by Crippen LogP contribution is 2.36. The molecule has 1 aliphatic rings. The molecule has 1 saturated heterocycles. The van der Waals surface area contributed by atoms with Gasteiger partial charge in [-0.15, -0.1) is 0 Å². The molecule has 1 N–H and O–H groups in total. The summed E-state index contributed by atoms with van der Waals surface area (Å²) >= 11 is 5.41. The van der Waals surface area contributed by atoms with E-state index in [9.17, 15) is 38.4 Å². The van der Waals surface area contributed by atoms with E-state index in [1.807, 2.05) is 0 Å². The van der Waals surface area contributed by atoms with Gasteiger partial charge < -0.3 is 62.8 Å². The Labute approximate surface area is 398 Å². The van der Waals surface area contributed by atoms with Gasteiger partial charge in [-0.05, 0) is 62.9 Å². The molecular weight excluding hydrogens is 902 g/mol. The van der Waals surface area contributed by atoms with Crippen LogP contribution >= 0.6 is 11.6 Å². The first-order chi connectivity index (χ1) is 31.4. The van der Waals surface area contributed by atoms with Gasteiger partial charge in [0.05, 0.1) is 25.3 Å². The highest BCUT2D eigenvalue weighted by molar-refractivity contribution is 6.62. The number of ether oxygens (including phenoxy) is 8. The number of rotatable bonds is 24. The minimum absolute atomic E-state index is 0.103. The van der Waals surface area contributed by atoms with E-state index in [1.165, 1.54) is 39.8 Å². The number of nitrogens with zero attached hydrogens (tertiary/aromatic N) is 4. The van der Waals surface area contributed by atoms with Crippen molar-refractivity contribution in [2.75, 3.05) is 73.4 Å². The number of benzene rings is 1. The Hall–Kier alpha value is -5.57. The predicted molar refractivity (Wildman–Crippen MR) is 243 cm³/mol. The van der Waals surface area contributed by atoms with Crippen LogP contribution in [0.25, 0.3) is 0 Å². The van der Waals surface area contributed by atoms with Gasteiger partial charge >= 0.3 is 41.6 Å². The SMILES string of the molecule is COC(=O)[C@H]1O[C@@H](Oc2ccc(COC(=O)N(C)CCN(C)C(=O)OC(C)(C)C)cc2NC(=O)CCCCCCCCCOC(=O)N(C)CCN(C)C(=O)Cl)[C@H](C)[C@@H](OC(C)=O)[C@@H]1OC(C)=O. The van der Waals surface area contributed by atoms with Gasteiger partial charge in [0.25, 0.3) is 0 Å². The number of unbranched alkanes of at least 4 members (excludes halogenated alkanes) is 6. The molecule has 21 nitrogen and oxygen atoms in total. The molecule has 0 bridgehead atoms. The van der Waals surface area contributed by atoms with Crippen molar-refractivity contribution in [3.63, 3.8) is 0 Å². The minimum Gasteiger partial charge on any atom is -0.467 e. The molecule has 0 aromatic heterocycles. The van der Waals surface area contributed by atoms with E-state index in [-0.39, 0.29) is 63.2 Å². The van der Waals surface area contributed by atoms with Gasteiger partial charge in [-0.2, -0.15) is 0 Å². The lowest BCUT2D eigenvalue weighted by Gasteiger charge is -2.42. The average Bonchev–Trinajstić information content (AvgIpc) is 3.25. The van der Waals surface area contributed by atoms with Crippen molar-refractivity contribution in [1.29, 1.82) is 0 Å². The Kier molecular flexibility index (Phi) is 24.5. The van der Waals surface area contributed by atoms with Gasteiger partial charge in [0, 0.05) is 74.6 Å². The van der Waals surface area contributed by atoms with Crippen LogP contribution in [0.15, 0.2) is 18.2 Å². The van der Waals surface area contributed by atoms with Crippen molar-refractivity contribution in [1.82, 2.24) is 19.6 Å². The van der Waals surface area contributed by atoms with Gasteiger partial charge in [0.1, 0.15) is 18.0 Å². The van der Waals surface area contributed by atoms with E-state index in [1.54, 1.807) is 53.9 Å². The lowest BCUT2D eigenvalue weighted by molar-refractivity contribution is -0.261. The second-order valence-corrected chi connectivity index (χ2v) is 17.6. The van der Waals surface area contributed by atoms with Gasteiger partial charge in [-0.25, -0.2) is 19.2 Å². The Bertz CT molecular complexity index is 1830. The molecule has 2 rings (SSSR count). The molecule has 378 valence electrons. The van der Waals surface area contributed by atoms with Crippen LogP contribution in [0.1, 0.15) is 98.5 Å². The lowest BCUT2D eigenvalue weighted by Crippen LogP contribution is -2.60. The molecular formula is C45H70ClN5O16. The second-order valence-electron chi connectivity index (χ2n) is 17.3. The monoisotopic (exact) mass is 971 g/mol. The number of methoxy groups -OCH3 is 1. The van der Waals surface area contributed by atoms with Gasteiger partial charge in [0.15, 0.2) is 18.3 Å². The van der Waals surface area contributed by atoms with Gasteiger partial charge in [-0.1, -0.05) is 45.1 Å². The van der Waals surface area contributed by atoms with Crippen molar-refractivity contribution in [3.8, 4) is 5.75 Å².